The number of carboxylic acid groups (broad SMARTS) is 1. The number of aromatic carboxylic acids is 1. The number of carboxylic acids is 1. The second-order valence-corrected chi connectivity index (χ2v) is 6.42. The van der Waals surface area contributed by atoms with E-state index in [0.29, 0.717) is 13.0 Å². The molecule has 0 unspecified atom stereocenters. The van der Waals surface area contributed by atoms with Gasteiger partial charge in [-0.25, -0.2) is 13.2 Å². The fourth-order valence-electron chi connectivity index (χ4n) is 1.51. The Hall–Kier alpha value is -1.40. The summed E-state index contributed by atoms with van der Waals surface area (Å²) in [5.74, 6) is -1.10. The molecule has 0 spiro atoms. The Labute approximate surface area is 107 Å². The maximum atomic E-state index is 12.0. The van der Waals surface area contributed by atoms with Gasteiger partial charge in [0.05, 0.1) is 16.2 Å². The highest BCUT2D eigenvalue weighted by Gasteiger charge is 2.16. The zero-order chi connectivity index (χ0) is 13.8. The molecule has 1 aromatic carbocycles. The number of carbonyl (C=O) groups is 1. The summed E-state index contributed by atoms with van der Waals surface area (Å²) in [6.07, 6.45) is 0.520. The van der Waals surface area contributed by atoms with E-state index in [0.717, 1.165) is 0 Å². The molecule has 0 aliphatic heterocycles. The molecule has 0 radical (unpaired) electrons. The number of hydrogen-bond acceptors (Lipinski definition) is 4. The minimum atomic E-state index is -3.40. The Kier molecular flexibility index (Phi) is 4.86. The molecule has 1 N–H and O–H groups in total. The molecule has 0 heterocycles. The van der Waals surface area contributed by atoms with Crippen molar-refractivity contribution >= 4 is 15.8 Å². The lowest BCUT2D eigenvalue weighted by Crippen LogP contribution is -2.17. The van der Waals surface area contributed by atoms with E-state index in [9.17, 15) is 13.2 Å². The molecule has 6 heteroatoms. The van der Waals surface area contributed by atoms with Gasteiger partial charge >= 0.3 is 5.97 Å². The molecule has 18 heavy (non-hydrogen) atoms. The molecule has 0 aliphatic carbocycles. The van der Waals surface area contributed by atoms with Crippen LogP contribution in [0.15, 0.2) is 29.2 Å². The van der Waals surface area contributed by atoms with Gasteiger partial charge in [0.2, 0.25) is 0 Å². The molecule has 0 atom stereocenters. The first kappa shape index (κ1) is 14.7. The van der Waals surface area contributed by atoms with Crippen LogP contribution in [-0.2, 0) is 9.84 Å². The number of rotatable bonds is 6. The summed E-state index contributed by atoms with van der Waals surface area (Å²) in [5, 5.41) is 8.82. The van der Waals surface area contributed by atoms with Crippen LogP contribution in [0.2, 0.25) is 0 Å². The minimum absolute atomic E-state index is 0.0105. The van der Waals surface area contributed by atoms with Gasteiger partial charge in [0.1, 0.15) is 0 Å². The lowest BCUT2D eigenvalue weighted by molar-refractivity contribution is 0.0696. The third-order valence-corrected chi connectivity index (χ3v) is 4.26. The van der Waals surface area contributed by atoms with E-state index in [2.05, 4.69) is 0 Å². The molecule has 0 fully saturated rings. The SMILES string of the molecule is CN(C)CCCS(=O)(=O)c1cccc(C(=O)O)c1. The Morgan fingerprint density at radius 3 is 2.56 bits per heavy atom. The second kappa shape index (κ2) is 5.97. The Morgan fingerprint density at radius 2 is 2.00 bits per heavy atom. The molecule has 0 aliphatic rings. The summed E-state index contributed by atoms with van der Waals surface area (Å²) in [4.78, 5) is 12.8. The highest BCUT2D eigenvalue weighted by molar-refractivity contribution is 7.91. The maximum absolute atomic E-state index is 12.0. The van der Waals surface area contributed by atoms with E-state index in [1.807, 2.05) is 19.0 Å². The van der Waals surface area contributed by atoms with E-state index in [1.165, 1.54) is 24.3 Å². The molecule has 0 aromatic heterocycles. The van der Waals surface area contributed by atoms with E-state index in [1.54, 1.807) is 0 Å². The lowest BCUT2D eigenvalue weighted by Gasteiger charge is -2.09. The van der Waals surface area contributed by atoms with Gasteiger partial charge in [0, 0.05) is 0 Å². The summed E-state index contributed by atoms with van der Waals surface area (Å²) in [7, 11) is 0.343. The van der Waals surface area contributed by atoms with Crippen LogP contribution in [0.1, 0.15) is 16.8 Å². The largest absolute Gasteiger partial charge is 0.478 e. The Balaban J connectivity index is 2.85. The summed E-state index contributed by atoms with van der Waals surface area (Å²) in [6, 6.07) is 5.45. The van der Waals surface area contributed by atoms with Crippen molar-refractivity contribution in [2.75, 3.05) is 26.4 Å². The average molecular weight is 271 g/mol. The summed E-state index contributed by atoms with van der Waals surface area (Å²) in [6.45, 7) is 0.678. The lowest BCUT2D eigenvalue weighted by atomic mass is 10.2. The van der Waals surface area contributed by atoms with Gasteiger partial charge in [0.25, 0.3) is 0 Å². The first-order valence-electron chi connectivity index (χ1n) is 5.54. The standard InChI is InChI=1S/C12H17NO4S/c1-13(2)7-4-8-18(16,17)11-6-3-5-10(9-11)12(14)15/h3,5-6,9H,4,7-8H2,1-2H3,(H,14,15). The van der Waals surface area contributed by atoms with Crippen molar-refractivity contribution in [3.63, 3.8) is 0 Å². The van der Waals surface area contributed by atoms with Crippen molar-refractivity contribution in [2.45, 2.75) is 11.3 Å². The predicted octanol–water partition coefficient (Wildman–Crippen LogP) is 1.11. The summed E-state index contributed by atoms with van der Waals surface area (Å²) < 4.78 is 24.0. The van der Waals surface area contributed by atoms with E-state index in [4.69, 9.17) is 5.11 Å². The van der Waals surface area contributed by atoms with Crippen LogP contribution < -0.4 is 0 Å². The predicted molar refractivity (Wildman–Crippen MR) is 68.6 cm³/mol. The molecule has 1 rings (SSSR count). The summed E-state index contributed by atoms with van der Waals surface area (Å²) in [5.41, 5.74) is -0.0105. The van der Waals surface area contributed by atoms with Gasteiger partial charge in [-0.1, -0.05) is 6.07 Å². The molecular formula is C12H17NO4S. The molecule has 5 nitrogen and oxygen atoms in total. The third-order valence-electron chi connectivity index (χ3n) is 2.46. The normalized spacial score (nSPS) is 11.7. The smallest absolute Gasteiger partial charge is 0.335 e. The highest BCUT2D eigenvalue weighted by Crippen LogP contribution is 2.14. The van der Waals surface area contributed by atoms with Crippen molar-refractivity contribution in [3.05, 3.63) is 29.8 Å². The van der Waals surface area contributed by atoms with Crippen LogP contribution in [-0.4, -0.2) is 50.8 Å². The maximum Gasteiger partial charge on any atom is 0.335 e. The fourth-order valence-corrected chi connectivity index (χ4v) is 2.85. The van der Waals surface area contributed by atoms with Crippen molar-refractivity contribution < 1.29 is 18.3 Å². The van der Waals surface area contributed by atoms with Crippen LogP contribution in [0.4, 0.5) is 0 Å². The molecule has 0 saturated carbocycles. The fraction of sp³-hybridized carbons (Fsp3) is 0.417. The van der Waals surface area contributed by atoms with Gasteiger partial charge in [-0.2, -0.15) is 0 Å². The van der Waals surface area contributed by atoms with Crippen molar-refractivity contribution in [1.29, 1.82) is 0 Å². The van der Waals surface area contributed by atoms with Crippen LogP contribution in [0.25, 0.3) is 0 Å². The molecule has 100 valence electrons. The minimum Gasteiger partial charge on any atom is -0.478 e. The highest BCUT2D eigenvalue weighted by atomic mass is 32.2. The van der Waals surface area contributed by atoms with Crippen LogP contribution >= 0.6 is 0 Å². The second-order valence-electron chi connectivity index (χ2n) is 4.31. The topological polar surface area (TPSA) is 74.7 Å². The number of benzene rings is 1. The van der Waals surface area contributed by atoms with Crippen LogP contribution in [0.3, 0.4) is 0 Å². The van der Waals surface area contributed by atoms with Crippen molar-refractivity contribution in [2.24, 2.45) is 0 Å². The van der Waals surface area contributed by atoms with E-state index in [-0.39, 0.29) is 16.2 Å². The molecule has 0 amide bonds. The number of nitrogens with zero attached hydrogens (tertiary/aromatic N) is 1. The van der Waals surface area contributed by atoms with Crippen molar-refractivity contribution in [3.8, 4) is 0 Å². The molecule has 0 saturated heterocycles. The molecule has 0 bridgehead atoms. The zero-order valence-corrected chi connectivity index (χ0v) is 11.3. The molecule has 1 aromatic rings. The van der Waals surface area contributed by atoms with Crippen LogP contribution in [0.5, 0.6) is 0 Å². The van der Waals surface area contributed by atoms with Gasteiger partial charge < -0.3 is 10.0 Å². The zero-order valence-electron chi connectivity index (χ0n) is 10.5. The number of hydrogen-bond donors (Lipinski definition) is 1. The third kappa shape index (κ3) is 4.12. The monoisotopic (exact) mass is 271 g/mol. The van der Waals surface area contributed by atoms with Crippen LogP contribution in [0, 0.1) is 0 Å². The van der Waals surface area contributed by atoms with Gasteiger partial charge in [-0.05, 0) is 45.3 Å². The molecular weight excluding hydrogens is 254 g/mol. The number of sulfone groups is 1. The quantitative estimate of drug-likeness (QED) is 0.839. The van der Waals surface area contributed by atoms with Gasteiger partial charge in [-0.15, -0.1) is 0 Å². The Bertz CT molecular complexity index is 523. The van der Waals surface area contributed by atoms with Gasteiger partial charge in [0.15, 0.2) is 9.84 Å². The average Bonchev–Trinajstić information content (AvgIpc) is 2.28. The van der Waals surface area contributed by atoms with Crippen molar-refractivity contribution in [1.82, 2.24) is 4.90 Å². The van der Waals surface area contributed by atoms with Gasteiger partial charge in [-0.3, -0.25) is 0 Å². The first-order chi connectivity index (χ1) is 8.33. The first-order valence-corrected chi connectivity index (χ1v) is 7.19. The van der Waals surface area contributed by atoms with E-state index < -0.39 is 15.8 Å². The summed E-state index contributed by atoms with van der Waals surface area (Å²) >= 11 is 0. The van der Waals surface area contributed by atoms with E-state index >= 15 is 0 Å². The Morgan fingerprint density at radius 1 is 1.33 bits per heavy atom.